The Morgan fingerprint density at radius 3 is 1.76 bits per heavy atom. The summed E-state index contributed by atoms with van der Waals surface area (Å²) in [5.41, 5.74) is 0. The van der Waals surface area contributed by atoms with Gasteiger partial charge in [0.05, 0.1) is 26.7 Å². The summed E-state index contributed by atoms with van der Waals surface area (Å²) >= 11 is 0. The van der Waals surface area contributed by atoms with E-state index in [4.69, 9.17) is 0 Å². The second-order valence-corrected chi connectivity index (χ2v) is 5.97. The van der Waals surface area contributed by atoms with Crippen molar-refractivity contribution in [2.75, 3.05) is 26.7 Å². The van der Waals surface area contributed by atoms with E-state index >= 15 is 0 Å². The molecule has 0 aromatic rings. The monoisotopic (exact) mass is 261 g/mol. The summed E-state index contributed by atoms with van der Waals surface area (Å²) in [6.45, 7) is 6.61. The zero-order valence-electron chi connectivity index (χ0n) is 12.0. The third kappa shape index (κ3) is 8.05. The van der Waals surface area contributed by atoms with E-state index in [0.717, 1.165) is 0 Å². The minimum absolute atomic E-state index is 0. The fourth-order valence-electron chi connectivity index (χ4n) is 2.95. The molecule has 1 saturated heterocycles. The summed E-state index contributed by atoms with van der Waals surface area (Å²) in [7, 11) is 2.45. The Bertz CT molecular complexity index is 164. The highest BCUT2D eigenvalue weighted by molar-refractivity contribution is 4.53. The molecule has 0 saturated carbocycles. The van der Waals surface area contributed by atoms with Gasteiger partial charge >= 0.3 is 0 Å². The van der Waals surface area contributed by atoms with Crippen molar-refractivity contribution in [3.05, 3.63) is 0 Å². The largest absolute Gasteiger partial charge is 1.00 e. The molecule has 0 atom stereocenters. The standard InChI is InChI=1S/C15H32N.ClH/c1-3-4-5-6-7-8-9-10-13-16(2)14-11-12-15-16;/h3-15H2,1-2H3;1H/q+1;/p-1. The van der Waals surface area contributed by atoms with Crippen LogP contribution >= 0.6 is 0 Å². The molecule has 1 aliphatic rings. The molecule has 1 heterocycles. The van der Waals surface area contributed by atoms with Crippen molar-refractivity contribution in [1.82, 2.24) is 0 Å². The molecule has 0 amide bonds. The average Bonchev–Trinajstić information content (AvgIpc) is 2.70. The minimum Gasteiger partial charge on any atom is -1.00 e. The van der Waals surface area contributed by atoms with E-state index < -0.39 is 0 Å². The minimum atomic E-state index is 0. The molecule has 0 aromatic heterocycles. The first-order chi connectivity index (χ1) is 7.77. The molecule has 1 rings (SSSR count). The number of hydrogen-bond acceptors (Lipinski definition) is 0. The lowest BCUT2D eigenvalue weighted by molar-refractivity contribution is -0.897. The maximum atomic E-state index is 2.45. The van der Waals surface area contributed by atoms with Gasteiger partial charge in [0.1, 0.15) is 0 Å². The smallest absolute Gasteiger partial charge is 0.0786 e. The predicted molar refractivity (Wildman–Crippen MR) is 72.6 cm³/mol. The van der Waals surface area contributed by atoms with Crippen molar-refractivity contribution in [2.24, 2.45) is 0 Å². The first-order valence-electron chi connectivity index (χ1n) is 7.60. The van der Waals surface area contributed by atoms with Gasteiger partial charge in [-0.2, -0.15) is 0 Å². The highest BCUT2D eigenvalue weighted by atomic mass is 35.5. The molecule has 0 radical (unpaired) electrons. The summed E-state index contributed by atoms with van der Waals surface area (Å²) in [5.74, 6) is 0. The quantitative estimate of drug-likeness (QED) is 0.435. The second-order valence-electron chi connectivity index (χ2n) is 5.97. The van der Waals surface area contributed by atoms with Gasteiger partial charge in [-0.25, -0.2) is 0 Å². The van der Waals surface area contributed by atoms with E-state index in [0.29, 0.717) is 0 Å². The summed E-state index contributed by atoms with van der Waals surface area (Å²) in [4.78, 5) is 0. The van der Waals surface area contributed by atoms with Crippen molar-refractivity contribution in [3.8, 4) is 0 Å². The van der Waals surface area contributed by atoms with Crippen molar-refractivity contribution < 1.29 is 16.9 Å². The summed E-state index contributed by atoms with van der Waals surface area (Å²) < 4.78 is 1.37. The number of halogens is 1. The Morgan fingerprint density at radius 2 is 1.24 bits per heavy atom. The van der Waals surface area contributed by atoms with Crippen LogP contribution in [0.5, 0.6) is 0 Å². The maximum Gasteiger partial charge on any atom is 0.0786 e. The number of hydrogen-bond donors (Lipinski definition) is 0. The van der Waals surface area contributed by atoms with Crippen molar-refractivity contribution in [1.29, 1.82) is 0 Å². The molecule has 1 fully saturated rings. The molecular formula is C15H32ClN. The van der Waals surface area contributed by atoms with Gasteiger partial charge in [0.2, 0.25) is 0 Å². The van der Waals surface area contributed by atoms with Crippen molar-refractivity contribution in [3.63, 3.8) is 0 Å². The van der Waals surface area contributed by atoms with Crippen molar-refractivity contribution in [2.45, 2.75) is 71.1 Å². The first kappa shape index (κ1) is 17.2. The normalized spacial score (nSPS) is 18.0. The van der Waals surface area contributed by atoms with Crippen LogP contribution in [0.25, 0.3) is 0 Å². The Hall–Kier alpha value is 0.250. The molecule has 0 spiro atoms. The third-order valence-electron chi connectivity index (χ3n) is 4.20. The van der Waals surface area contributed by atoms with Gasteiger partial charge in [0, 0.05) is 12.8 Å². The third-order valence-corrected chi connectivity index (χ3v) is 4.20. The van der Waals surface area contributed by atoms with E-state index in [1.54, 1.807) is 0 Å². The molecule has 1 aliphatic heterocycles. The molecule has 0 unspecified atom stereocenters. The number of likely N-dealkylation sites (tertiary alicyclic amines) is 1. The highest BCUT2D eigenvalue weighted by Gasteiger charge is 2.25. The number of unbranched alkanes of at least 4 members (excludes halogenated alkanes) is 7. The van der Waals surface area contributed by atoms with Gasteiger partial charge in [-0.3, -0.25) is 0 Å². The van der Waals surface area contributed by atoms with E-state index in [2.05, 4.69) is 14.0 Å². The number of quaternary nitrogens is 1. The van der Waals surface area contributed by atoms with Crippen LogP contribution in [-0.4, -0.2) is 31.2 Å². The van der Waals surface area contributed by atoms with Gasteiger partial charge in [0.15, 0.2) is 0 Å². The fourth-order valence-corrected chi connectivity index (χ4v) is 2.95. The molecular weight excluding hydrogens is 230 g/mol. The first-order valence-corrected chi connectivity index (χ1v) is 7.60. The Balaban J connectivity index is 0.00000256. The predicted octanol–water partition coefficient (Wildman–Crippen LogP) is 1.37. The fraction of sp³-hybridized carbons (Fsp3) is 1.00. The van der Waals surface area contributed by atoms with Crippen LogP contribution in [0.4, 0.5) is 0 Å². The molecule has 2 heteroatoms. The lowest BCUT2D eigenvalue weighted by Crippen LogP contribution is -3.00. The lowest BCUT2D eigenvalue weighted by Gasteiger charge is -2.29. The molecule has 1 nitrogen and oxygen atoms in total. The number of nitrogens with zero attached hydrogens (tertiary/aromatic N) is 1. The Kier molecular flexibility index (Phi) is 10.3. The molecule has 17 heavy (non-hydrogen) atoms. The average molecular weight is 262 g/mol. The zero-order chi connectivity index (χ0) is 11.7. The van der Waals surface area contributed by atoms with Gasteiger partial charge < -0.3 is 16.9 Å². The zero-order valence-corrected chi connectivity index (χ0v) is 12.8. The SMILES string of the molecule is CCCCCCCCCC[N+]1(C)CCCC1.[Cl-]. The summed E-state index contributed by atoms with van der Waals surface area (Å²) in [5, 5.41) is 0. The molecule has 104 valence electrons. The molecule has 0 aromatic carbocycles. The van der Waals surface area contributed by atoms with Crippen molar-refractivity contribution >= 4 is 0 Å². The number of rotatable bonds is 9. The summed E-state index contributed by atoms with van der Waals surface area (Å²) in [6.07, 6.45) is 14.6. The van der Waals surface area contributed by atoms with Gasteiger partial charge in [0.25, 0.3) is 0 Å². The van der Waals surface area contributed by atoms with E-state index in [9.17, 15) is 0 Å². The highest BCUT2D eigenvalue weighted by Crippen LogP contribution is 2.18. The van der Waals surface area contributed by atoms with Crippen LogP contribution in [0.15, 0.2) is 0 Å². The molecule has 0 aliphatic carbocycles. The van der Waals surface area contributed by atoms with Crippen LogP contribution in [0.1, 0.15) is 71.1 Å². The van der Waals surface area contributed by atoms with Gasteiger partial charge in [-0.1, -0.05) is 45.4 Å². The van der Waals surface area contributed by atoms with Gasteiger partial charge in [-0.05, 0) is 12.8 Å². The topological polar surface area (TPSA) is 0 Å². The van der Waals surface area contributed by atoms with E-state index in [1.807, 2.05) is 0 Å². The van der Waals surface area contributed by atoms with Crippen LogP contribution < -0.4 is 12.4 Å². The second kappa shape index (κ2) is 10.2. The Labute approximate surface area is 115 Å². The van der Waals surface area contributed by atoms with Crippen LogP contribution in [0.2, 0.25) is 0 Å². The molecule has 0 bridgehead atoms. The van der Waals surface area contributed by atoms with Crippen LogP contribution in [0.3, 0.4) is 0 Å². The van der Waals surface area contributed by atoms with E-state index in [1.165, 1.54) is 88.3 Å². The lowest BCUT2D eigenvalue weighted by atomic mass is 10.1. The van der Waals surface area contributed by atoms with Crippen LogP contribution in [-0.2, 0) is 0 Å². The van der Waals surface area contributed by atoms with E-state index in [-0.39, 0.29) is 12.4 Å². The van der Waals surface area contributed by atoms with Gasteiger partial charge in [-0.15, -0.1) is 0 Å². The molecule has 0 N–H and O–H groups in total. The van der Waals surface area contributed by atoms with Crippen LogP contribution in [0, 0.1) is 0 Å². The maximum absolute atomic E-state index is 2.45. The Morgan fingerprint density at radius 1 is 0.765 bits per heavy atom. The summed E-state index contributed by atoms with van der Waals surface area (Å²) in [6, 6.07) is 0.